The summed E-state index contributed by atoms with van der Waals surface area (Å²) in [6, 6.07) is 3.82. The number of carbonyl (C=O) groups excluding carboxylic acids is 1. The number of rotatable bonds is 6. The number of benzene rings is 1. The maximum absolute atomic E-state index is 12.9. The highest BCUT2D eigenvalue weighted by molar-refractivity contribution is 5.90. The third-order valence-corrected chi connectivity index (χ3v) is 2.77. The zero-order valence-electron chi connectivity index (χ0n) is 10.8. The number of nitrogens with two attached hydrogens (primary N) is 1. The van der Waals surface area contributed by atoms with E-state index in [-0.39, 0.29) is 11.3 Å². The lowest BCUT2D eigenvalue weighted by Gasteiger charge is -2.17. The minimum absolute atomic E-state index is 0.0480. The van der Waals surface area contributed by atoms with E-state index in [4.69, 9.17) is 10.5 Å². The summed E-state index contributed by atoms with van der Waals surface area (Å²) >= 11 is 0. The van der Waals surface area contributed by atoms with Crippen LogP contribution < -0.4 is 5.73 Å². The van der Waals surface area contributed by atoms with Crippen LogP contribution in [-0.4, -0.2) is 37.1 Å². The molecule has 0 saturated carbocycles. The number of halogens is 1. The summed E-state index contributed by atoms with van der Waals surface area (Å²) in [5.74, 6) is -1.01. The largest absolute Gasteiger partial charge is 0.461 e. The fourth-order valence-corrected chi connectivity index (χ4v) is 1.56. The van der Waals surface area contributed by atoms with Crippen LogP contribution in [0, 0.1) is 5.82 Å². The summed E-state index contributed by atoms with van der Waals surface area (Å²) in [7, 11) is 0. The molecule has 4 nitrogen and oxygen atoms in total. The van der Waals surface area contributed by atoms with E-state index in [0.29, 0.717) is 13.2 Å². The van der Waals surface area contributed by atoms with Crippen molar-refractivity contribution < 1.29 is 13.9 Å². The average Bonchev–Trinajstić information content (AvgIpc) is 2.37. The topological polar surface area (TPSA) is 55.6 Å². The molecule has 5 heteroatoms. The SMILES string of the molecule is CCN(CC)CCOC(=O)c1ccc(F)c(N)c1. The zero-order valence-corrected chi connectivity index (χ0v) is 10.8. The van der Waals surface area contributed by atoms with Crippen molar-refractivity contribution in [2.45, 2.75) is 13.8 Å². The molecule has 1 rings (SSSR count). The molecule has 100 valence electrons. The van der Waals surface area contributed by atoms with E-state index in [0.717, 1.165) is 19.2 Å². The molecule has 1 aromatic carbocycles. The van der Waals surface area contributed by atoms with Crippen LogP contribution in [0.1, 0.15) is 24.2 Å². The minimum atomic E-state index is -0.533. The second-order valence-corrected chi connectivity index (χ2v) is 3.90. The molecule has 18 heavy (non-hydrogen) atoms. The Kier molecular flexibility index (Phi) is 5.58. The third-order valence-electron chi connectivity index (χ3n) is 2.77. The summed E-state index contributed by atoms with van der Waals surface area (Å²) in [6.45, 7) is 6.93. The van der Waals surface area contributed by atoms with Gasteiger partial charge >= 0.3 is 5.97 Å². The van der Waals surface area contributed by atoms with Crippen LogP contribution >= 0.6 is 0 Å². The van der Waals surface area contributed by atoms with Crippen molar-refractivity contribution in [2.24, 2.45) is 0 Å². The first-order valence-electron chi connectivity index (χ1n) is 6.03. The quantitative estimate of drug-likeness (QED) is 0.622. The van der Waals surface area contributed by atoms with Gasteiger partial charge in [0.25, 0.3) is 0 Å². The molecule has 0 aromatic heterocycles. The van der Waals surface area contributed by atoms with E-state index in [1.54, 1.807) is 0 Å². The van der Waals surface area contributed by atoms with Gasteiger partial charge in [-0.05, 0) is 31.3 Å². The van der Waals surface area contributed by atoms with Gasteiger partial charge in [-0.1, -0.05) is 13.8 Å². The molecular weight excluding hydrogens is 235 g/mol. The van der Waals surface area contributed by atoms with Gasteiger partial charge in [0.15, 0.2) is 0 Å². The van der Waals surface area contributed by atoms with Crippen LogP contribution in [0.3, 0.4) is 0 Å². The van der Waals surface area contributed by atoms with Gasteiger partial charge in [0.2, 0.25) is 0 Å². The number of carbonyl (C=O) groups is 1. The van der Waals surface area contributed by atoms with Crippen molar-refractivity contribution >= 4 is 11.7 Å². The van der Waals surface area contributed by atoms with E-state index < -0.39 is 11.8 Å². The molecule has 0 unspecified atom stereocenters. The molecule has 0 radical (unpaired) electrons. The first-order valence-corrected chi connectivity index (χ1v) is 6.03. The molecule has 0 aliphatic heterocycles. The molecule has 0 bridgehead atoms. The predicted molar refractivity (Wildman–Crippen MR) is 68.9 cm³/mol. The van der Waals surface area contributed by atoms with Gasteiger partial charge in [0.05, 0.1) is 11.3 Å². The number of anilines is 1. The highest BCUT2D eigenvalue weighted by Crippen LogP contribution is 2.13. The molecule has 2 N–H and O–H groups in total. The van der Waals surface area contributed by atoms with Gasteiger partial charge in [0, 0.05) is 6.54 Å². The molecule has 0 atom stereocenters. The van der Waals surface area contributed by atoms with Crippen molar-refractivity contribution in [1.29, 1.82) is 0 Å². The van der Waals surface area contributed by atoms with E-state index in [1.165, 1.54) is 12.1 Å². The summed E-state index contributed by atoms with van der Waals surface area (Å²) in [4.78, 5) is 13.8. The smallest absolute Gasteiger partial charge is 0.338 e. The Balaban J connectivity index is 2.48. The van der Waals surface area contributed by atoms with E-state index in [1.807, 2.05) is 13.8 Å². The lowest BCUT2D eigenvalue weighted by molar-refractivity contribution is 0.0466. The molecule has 0 fully saturated rings. The fourth-order valence-electron chi connectivity index (χ4n) is 1.56. The van der Waals surface area contributed by atoms with E-state index in [9.17, 15) is 9.18 Å². The van der Waals surface area contributed by atoms with Gasteiger partial charge < -0.3 is 15.4 Å². The fraction of sp³-hybridized carbons (Fsp3) is 0.462. The van der Waals surface area contributed by atoms with Crippen LogP contribution in [0.15, 0.2) is 18.2 Å². The lowest BCUT2D eigenvalue weighted by atomic mass is 10.2. The highest BCUT2D eigenvalue weighted by Gasteiger charge is 2.10. The van der Waals surface area contributed by atoms with Gasteiger partial charge in [-0.3, -0.25) is 0 Å². The Bertz CT molecular complexity index is 406. The normalized spacial score (nSPS) is 10.7. The first kappa shape index (κ1) is 14.4. The van der Waals surface area contributed by atoms with Crippen LogP contribution in [0.4, 0.5) is 10.1 Å². The molecule has 1 aromatic rings. The van der Waals surface area contributed by atoms with Crippen molar-refractivity contribution in [2.75, 3.05) is 32.0 Å². The van der Waals surface area contributed by atoms with Crippen LogP contribution in [-0.2, 0) is 4.74 Å². The highest BCUT2D eigenvalue weighted by atomic mass is 19.1. The Morgan fingerprint density at radius 2 is 2.06 bits per heavy atom. The maximum atomic E-state index is 12.9. The van der Waals surface area contributed by atoms with E-state index in [2.05, 4.69) is 4.90 Å². The summed E-state index contributed by atoms with van der Waals surface area (Å²) in [5, 5.41) is 0. The number of ether oxygens (including phenoxy) is 1. The monoisotopic (exact) mass is 254 g/mol. The Labute approximate surface area is 107 Å². The summed E-state index contributed by atoms with van der Waals surface area (Å²) in [5.41, 5.74) is 5.61. The maximum Gasteiger partial charge on any atom is 0.338 e. The minimum Gasteiger partial charge on any atom is -0.461 e. The Hall–Kier alpha value is -1.62. The molecule has 0 aliphatic carbocycles. The molecular formula is C13H19FN2O2. The van der Waals surface area contributed by atoms with E-state index >= 15 is 0 Å². The Morgan fingerprint density at radius 3 is 2.61 bits per heavy atom. The standard InChI is InChI=1S/C13H19FN2O2/c1-3-16(4-2)7-8-18-13(17)10-5-6-11(14)12(15)9-10/h5-6,9H,3-4,7-8,15H2,1-2H3. The van der Waals surface area contributed by atoms with Gasteiger partial charge in [0.1, 0.15) is 12.4 Å². The van der Waals surface area contributed by atoms with Crippen LogP contribution in [0.25, 0.3) is 0 Å². The summed E-state index contributed by atoms with van der Waals surface area (Å²) < 4.78 is 18.0. The number of nitrogen functional groups attached to an aromatic ring is 1. The van der Waals surface area contributed by atoms with Crippen molar-refractivity contribution in [3.63, 3.8) is 0 Å². The van der Waals surface area contributed by atoms with Crippen LogP contribution in [0.2, 0.25) is 0 Å². The molecule has 0 aliphatic rings. The van der Waals surface area contributed by atoms with Crippen molar-refractivity contribution in [3.05, 3.63) is 29.6 Å². The molecule has 0 amide bonds. The number of nitrogens with zero attached hydrogens (tertiary/aromatic N) is 1. The van der Waals surface area contributed by atoms with Crippen molar-refractivity contribution in [3.8, 4) is 0 Å². The van der Waals surface area contributed by atoms with Crippen LogP contribution in [0.5, 0.6) is 0 Å². The number of esters is 1. The zero-order chi connectivity index (χ0) is 13.5. The molecule has 0 heterocycles. The van der Waals surface area contributed by atoms with Crippen molar-refractivity contribution in [1.82, 2.24) is 4.90 Å². The number of hydrogen-bond donors (Lipinski definition) is 1. The lowest BCUT2D eigenvalue weighted by Crippen LogP contribution is -2.27. The number of hydrogen-bond acceptors (Lipinski definition) is 4. The second kappa shape index (κ2) is 6.96. The summed E-state index contributed by atoms with van der Waals surface area (Å²) in [6.07, 6.45) is 0. The molecule has 0 spiro atoms. The van der Waals surface area contributed by atoms with Gasteiger partial charge in [-0.2, -0.15) is 0 Å². The first-order chi connectivity index (χ1) is 8.58. The van der Waals surface area contributed by atoms with Gasteiger partial charge in [-0.15, -0.1) is 0 Å². The predicted octanol–water partition coefficient (Wildman–Crippen LogP) is 1.91. The molecule has 0 saturated heterocycles. The average molecular weight is 254 g/mol. The third kappa shape index (κ3) is 4.00. The van der Waals surface area contributed by atoms with Gasteiger partial charge in [-0.25, -0.2) is 9.18 Å². The number of likely N-dealkylation sites (N-methyl/N-ethyl adjacent to an activating group) is 1. The Morgan fingerprint density at radius 1 is 1.39 bits per heavy atom. The second-order valence-electron chi connectivity index (χ2n) is 3.90.